The van der Waals surface area contributed by atoms with Crippen LogP contribution in [-0.4, -0.2) is 29.4 Å². The van der Waals surface area contributed by atoms with Crippen molar-refractivity contribution in [3.8, 4) is 0 Å². The Morgan fingerprint density at radius 2 is 2.27 bits per heavy atom. The maximum Gasteiger partial charge on any atom is 0.337 e. The molecule has 15 heavy (non-hydrogen) atoms. The smallest absolute Gasteiger partial charge is 0.337 e. The number of aliphatic carboxylic acids is 1. The van der Waals surface area contributed by atoms with Crippen LogP contribution in [0.1, 0.15) is 11.7 Å². The maximum atomic E-state index is 10.9. The number of carbonyl (C=O) groups is 1. The first-order valence-electron chi connectivity index (χ1n) is 4.36. The van der Waals surface area contributed by atoms with Gasteiger partial charge in [0, 0.05) is 5.02 Å². The molecule has 0 aliphatic carbocycles. The molecule has 4 nitrogen and oxygen atoms in total. The third-order valence-electron chi connectivity index (χ3n) is 1.75. The van der Waals surface area contributed by atoms with Gasteiger partial charge in [0.05, 0.1) is 13.2 Å². The van der Waals surface area contributed by atoms with Crippen molar-refractivity contribution in [2.24, 2.45) is 0 Å². The third-order valence-corrected chi connectivity index (χ3v) is 1.99. The Hall–Kier alpha value is -1.10. The summed E-state index contributed by atoms with van der Waals surface area (Å²) in [6.07, 6.45) is -1.09. The number of aliphatic hydroxyl groups is 1. The average molecular weight is 231 g/mol. The number of carboxylic acid groups (broad SMARTS) is 1. The van der Waals surface area contributed by atoms with Crippen molar-refractivity contribution in [2.45, 2.75) is 6.10 Å². The zero-order valence-corrected chi connectivity index (χ0v) is 8.65. The van der Waals surface area contributed by atoms with E-state index in [2.05, 4.69) is 0 Å². The molecule has 82 valence electrons. The van der Waals surface area contributed by atoms with Gasteiger partial charge in [-0.2, -0.15) is 0 Å². The number of halogens is 1. The van der Waals surface area contributed by atoms with Crippen molar-refractivity contribution < 1.29 is 19.7 Å². The molecule has 0 spiro atoms. The molecule has 0 radical (unpaired) electrons. The van der Waals surface area contributed by atoms with Crippen molar-refractivity contribution in [2.75, 3.05) is 13.2 Å². The minimum Gasteiger partial charge on any atom is -0.479 e. The largest absolute Gasteiger partial charge is 0.479 e. The molecule has 0 saturated heterocycles. The number of ether oxygens (including phenoxy) is 1. The van der Waals surface area contributed by atoms with E-state index in [0.717, 1.165) is 0 Å². The Bertz CT molecular complexity index is 340. The van der Waals surface area contributed by atoms with Gasteiger partial charge in [0.2, 0.25) is 0 Å². The second kappa shape index (κ2) is 5.70. The highest BCUT2D eigenvalue weighted by Gasteiger charge is 2.20. The number of carboxylic acids is 1. The summed E-state index contributed by atoms with van der Waals surface area (Å²) in [5.41, 5.74) is 0.462. The average Bonchev–Trinajstić information content (AvgIpc) is 2.18. The predicted molar refractivity (Wildman–Crippen MR) is 54.9 cm³/mol. The van der Waals surface area contributed by atoms with E-state index in [1.165, 1.54) is 6.07 Å². The normalized spacial score (nSPS) is 12.4. The van der Waals surface area contributed by atoms with Crippen LogP contribution in [0.25, 0.3) is 0 Å². The molecule has 0 aliphatic rings. The van der Waals surface area contributed by atoms with Crippen LogP contribution in [0.2, 0.25) is 5.02 Å². The summed E-state index contributed by atoms with van der Waals surface area (Å²) in [7, 11) is 0. The summed E-state index contributed by atoms with van der Waals surface area (Å²) in [6.45, 7) is -0.242. The number of benzene rings is 1. The van der Waals surface area contributed by atoms with E-state index in [-0.39, 0.29) is 13.2 Å². The Morgan fingerprint density at radius 1 is 1.53 bits per heavy atom. The lowest BCUT2D eigenvalue weighted by atomic mass is 10.1. The molecular formula is C10H11ClO4. The van der Waals surface area contributed by atoms with Gasteiger partial charge < -0.3 is 14.9 Å². The summed E-state index contributed by atoms with van der Waals surface area (Å²) in [4.78, 5) is 10.9. The molecule has 1 aromatic carbocycles. The molecule has 0 amide bonds. The van der Waals surface area contributed by atoms with Crippen molar-refractivity contribution in [3.05, 3.63) is 34.9 Å². The van der Waals surface area contributed by atoms with Gasteiger partial charge in [0.15, 0.2) is 6.10 Å². The van der Waals surface area contributed by atoms with E-state index in [1.54, 1.807) is 18.2 Å². The molecule has 2 N–H and O–H groups in total. The van der Waals surface area contributed by atoms with Crippen LogP contribution < -0.4 is 0 Å². The van der Waals surface area contributed by atoms with Gasteiger partial charge in [-0.05, 0) is 17.7 Å². The van der Waals surface area contributed by atoms with Crippen molar-refractivity contribution in [1.29, 1.82) is 0 Å². The number of rotatable bonds is 5. The molecule has 1 unspecified atom stereocenters. The second-order valence-electron chi connectivity index (χ2n) is 2.87. The summed E-state index contributed by atoms with van der Waals surface area (Å²) >= 11 is 5.73. The van der Waals surface area contributed by atoms with E-state index in [4.69, 9.17) is 26.6 Å². The predicted octanol–water partition coefficient (Wildman–Crippen LogP) is 1.47. The monoisotopic (exact) mass is 230 g/mol. The van der Waals surface area contributed by atoms with Crippen molar-refractivity contribution in [1.82, 2.24) is 0 Å². The van der Waals surface area contributed by atoms with Crippen molar-refractivity contribution in [3.63, 3.8) is 0 Å². The van der Waals surface area contributed by atoms with E-state index in [9.17, 15) is 4.79 Å². The van der Waals surface area contributed by atoms with Crippen LogP contribution in [0.3, 0.4) is 0 Å². The number of hydrogen-bond acceptors (Lipinski definition) is 3. The van der Waals surface area contributed by atoms with E-state index in [0.29, 0.717) is 10.6 Å². The van der Waals surface area contributed by atoms with Gasteiger partial charge in [-0.25, -0.2) is 4.79 Å². The van der Waals surface area contributed by atoms with Gasteiger partial charge in [-0.3, -0.25) is 0 Å². The standard InChI is InChI=1S/C10H11ClO4/c11-8-3-1-2-7(6-8)9(10(13)14)15-5-4-12/h1-3,6,9,12H,4-5H2,(H,13,14). The van der Waals surface area contributed by atoms with Gasteiger partial charge in [0.1, 0.15) is 0 Å². The fourth-order valence-corrected chi connectivity index (χ4v) is 1.35. The first-order chi connectivity index (χ1) is 7.15. The minimum absolute atomic E-state index is 0.0243. The highest BCUT2D eigenvalue weighted by molar-refractivity contribution is 6.30. The lowest BCUT2D eigenvalue weighted by Crippen LogP contribution is -2.17. The second-order valence-corrected chi connectivity index (χ2v) is 3.30. The molecule has 0 saturated carbocycles. The SMILES string of the molecule is O=C(O)C(OCCO)c1cccc(Cl)c1. The Balaban J connectivity index is 2.84. The van der Waals surface area contributed by atoms with Crippen LogP contribution in [0.5, 0.6) is 0 Å². The van der Waals surface area contributed by atoms with E-state index in [1.807, 2.05) is 0 Å². The van der Waals surface area contributed by atoms with Gasteiger partial charge in [0.25, 0.3) is 0 Å². The van der Waals surface area contributed by atoms with Crippen LogP contribution in [0.15, 0.2) is 24.3 Å². The quantitative estimate of drug-likeness (QED) is 0.804. The summed E-state index contributed by atoms with van der Waals surface area (Å²) < 4.78 is 4.99. The minimum atomic E-state index is -1.11. The molecule has 0 bridgehead atoms. The third kappa shape index (κ3) is 3.51. The van der Waals surface area contributed by atoms with E-state index >= 15 is 0 Å². The lowest BCUT2D eigenvalue weighted by Gasteiger charge is -2.13. The van der Waals surface area contributed by atoms with E-state index < -0.39 is 12.1 Å². The van der Waals surface area contributed by atoms with Crippen LogP contribution in [0, 0.1) is 0 Å². The maximum absolute atomic E-state index is 10.9. The van der Waals surface area contributed by atoms with Crippen LogP contribution in [0.4, 0.5) is 0 Å². The number of hydrogen-bond donors (Lipinski definition) is 2. The molecule has 5 heteroatoms. The molecule has 0 fully saturated rings. The molecule has 1 atom stereocenters. The first-order valence-corrected chi connectivity index (χ1v) is 4.73. The topological polar surface area (TPSA) is 66.8 Å². The lowest BCUT2D eigenvalue weighted by molar-refractivity contribution is -0.151. The first kappa shape index (κ1) is 12.0. The fraction of sp³-hybridized carbons (Fsp3) is 0.300. The Morgan fingerprint density at radius 3 is 2.80 bits per heavy atom. The van der Waals surface area contributed by atoms with Gasteiger partial charge >= 0.3 is 5.97 Å². The van der Waals surface area contributed by atoms with Crippen LogP contribution in [-0.2, 0) is 9.53 Å². The molecule has 0 aromatic heterocycles. The fourth-order valence-electron chi connectivity index (χ4n) is 1.15. The molecule has 1 rings (SSSR count). The Kier molecular flexibility index (Phi) is 4.55. The molecule has 0 heterocycles. The van der Waals surface area contributed by atoms with Gasteiger partial charge in [-0.15, -0.1) is 0 Å². The highest BCUT2D eigenvalue weighted by atomic mass is 35.5. The number of aliphatic hydroxyl groups excluding tert-OH is 1. The van der Waals surface area contributed by atoms with Gasteiger partial charge in [-0.1, -0.05) is 23.7 Å². The van der Waals surface area contributed by atoms with Crippen molar-refractivity contribution >= 4 is 17.6 Å². The summed E-state index contributed by atoms with van der Waals surface area (Å²) in [6, 6.07) is 6.44. The highest BCUT2D eigenvalue weighted by Crippen LogP contribution is 2.20. The van der Waals surface area contributed by atoms with Crippen LogP contribution >= 0.6 is 11.6 Å². The molecule has 0 aliphatic heterocycles. The Labute approximate surface area is 92.1 Å². The summed E-state index contributed by atoms with van der Waals surface area (Å²) in [5.74, 6) is -1.11. The zero-order chi connectivity index (χ0) is 11.3. The molecular weight excluding hydrogens is 220 g/mol. The summed E-state index contributed by atoms with van der Waals surface area (Å²) in [5, 5.41) is 17.9. The molecule has 1 aromatic rings. The zero-order valence-electron chi connectivity index (χ0n) is 7.89.